The van der Waals surface area contributed by atoms with Crippen molar-refractivity contribution in [1.82, 2.24) is 0 Å². The van der Waals surface area contributed by atoms with Gasteiger partial charge in [-0.25, -0.2) is 4.79 Å². The Kier molecular flexibility index (Phi) is 3.92. The normalized spacial score (nSPS) is 9.50. The van der Waals surface area contributed by atoms with E-state index < -0.39 is 5.97 Å². The molecule has 1 aromatic rings. The summed E-state index contributed by atoms with van der Waals surface area (Å²) in [6, 6.07) is 9.26. The predicted octanol–water partition coefficient (Wildman–Crippen LogP) is 2.81. The first-order chi connectivity index (χ1) is 6.75. The van der Waals surface area contributed by atoms with Gasteiger partial charge in [-0.1, -0.05) is 43.8 Å². The van der Waals surface area contributed by atoms with Gasteiger partial charge in [-0.3, -0.25) is 0 Å². The summed E-state index contributed by atoms with van der Waals surface area (Å²) in [5.74, 6) is -0.391. The second-order valence-corrected chi connectivity index (χ2v) is 2.82. The van der Waals surface area contributed by atoms with Crippen molar-refractivity contribution in [1.29, 1.82) is 0 Å². The van der Waals surface area contributed by atoms with Crippen LogP contribution in [0.3, 0.4) is 0 Å². The van der Waals surface area contributed by atoms with Gasteiger partial charge in [0.15, 0.2) is 0 Å². The number of ether oxygens (including phenoxy) is 1. The SMILES string of the molecule is C=C(C(=O)O[CH]CC)c1ccccc1. The average Bonchev–Trinajstić information content (AvgIpc) is 2.26. The average molecular weight is 189 g/mol. The summed E-state index contributed by atoms with van der Waals surface area (Å²) >= 11 is 0. The maximum Gasteiger partial charge on any atom is 0.338 e. The van der Waals surface area contributed by atoms with Crippen LogP contribution in [0.15, 0.2) is 36.9 Å². The zero-order valence-corrected chi connectivity index (χ0v) is 8.19. The lowest BCUT2D eigenvalue weighted by Crippen LogP contribution is -2.03. The van der Waals surface area contributed by atoms with E-state index in [-0.39, 0.29) is 0 Å². The number of carbonyl (C=O) groups excluding carboxylic acids is 1. The van der Waals surface area contributed by atoms with Crippen molar-refractivity contribution in [2.45, 2.75) is 13.3 Å². The first-order valence-electron chi connectivity index (χ1n) is 4.52. The molecular weight excluding hydrogens is 176 g/mol. The van der Waals surface area contributed by atoms with Crippen molar-refractivity contribution in [2.24, 2.45) is 0 Å². The van der Waals surface area contributed by atoms with Gasteiger partial charge in [0.05, 0.1) is 5.57 Å². The Bertz CT molecular complexity index is 314. The summed E-state index contributed by atoms with van der Waals surface area (Å²) in [5, 5.41) is 0. The molecule has 0 aliphatic rings. The third kappa shape index (κ3) is 2.73. The lowest BCUT2D eigenvalue weighted by molar-refractivity contribution is -0.133. The predicted molar refractivity (Wildman–Crippen MR) is 56.2 cm³/mol. The van der Waals surface area contributed by atoms with Crippen LogP contribution in [-0.2, 0) is 9.53 Å². The molecule has 0 saturated carbocycles. The van der Waals surface area contributed by atoms with Crippen molar-refractivity contribution in [3.05, 3.63) is 49.1 Å². The molecule has 0 aliphatic heterocycles. The van der Waals surface area contributed by atoms with Gasteiger partial charge >= 0.3 is 5.97 Å². The van der Waals surface area contributed by atoms with E-state index in [4.69, 9.17) is 4.74 Å². The fourth-order valence-corrected chi connectivity index (χ4v) is 0.987. The molecule has 73 valence electrons. The molecule has 0 atom stereocenters. The van der Waals surface area contributed by atoms with Crippen LogP contribution in [0, 0.1) is 6.61 Å². The molecule has 1 rings (SSSR count). The van der Waals surface area contributed by atoms with E-state index in [0.717, 1.165) is 5.56 Å². The van der Waals surface area contributed by atoms with E-state index in [1.165, 1.54) is 6.61 Å². The number of esters is 1. The number of hydrogen-bond acceptors (Lipinski definition) is 2. The molecule has 0 spiro atoms. The van der Waals surface area contributed by atoms with Crippen LogP contribution in [0.1, 0.15) is 18.9 Å². The van der Waals surface area contributed by atoms with Gasteiger partial charge in [-0.05, 0) is 12.0 Å². The molecule has 0 aliphatic carbocycles. The Morgan fingerprint density at radius 1 is 1.43 bits per heavy atom. The summed E-state index contributed by atoms with van der Waals surface area (Å²) in [7, 11) is 0. The second-order valence-electron chi connectivity index (χ2n) is 2.82. The lowest BCUT2D eigenvalue weighted by Gasteiger charge is -2.04. The first kappa shape index (κ1) is 10.5. The molecule has 0 saturated heterocycles. The summed E-state index contributed by atoms with van der Waals surface area (Å²) in [4.78, 5) is 11.3. The molecule has 0 fully saturated rings. The zero-order chi connectivity index (χ0) is 10.4. The number of carbonyl (C=O) groups is 1. The topological polar surface area (TPSA) is 26.3 Å². The van der Waals surface area contributed by atoms with Crippen LogP contribution in [-0.4, -0.2) is 5.97 Å². The highest BCUT2D eigenvalue weighted by Crippen LogP contribution is 2.13. The van der Waals surface area contributed by atoms with E-state index in [1.54, 1.807) is 0 Å². The highest BCUT2D eigenvalue weighted by molar-refractivity contribution is 6.15. The van der Waals surface area contributed by atoms with Crippen LogP contribution < -0.4 is 0 Å². The standard InChI is InChI=1S/C12H13O2/c1-3-9-14-12(13)10(2)11-7-5-4-6-8-11/h4-9H,2-3H2,1H3. The van der Waals surface area contributed by atoms with Crippen LogP contribution in [0.25, 0.3) is 5.57 Å². The van der Waals surface area contributed by atoms with Crippen LogP contribution in [0.5, 0.6) is 0 Å². The molecular formula is C12H13O2. The first-order valence-corrected chi connectivity index (χ1v) is 4.52. The molecule has 14 heavy (non-hydrogen) atoms. The van der Waals surface area contributed by atoms with Gasteiger partial charge in [0, 0.05) is 0 Å². The smallest absolute Gasteiger partial charge is 0.338 e. The molecule has 0 N–H and O–H groups in total. The third-order valence-electron chi connectivity index (χ3n) is 1.73. The summed E-state index contributed by atoms with van der Waals surface area (Å²) < 4.78 is 4.84. The second kappa shape index (κ2) is 5.22. The molecule has 0 aromatic heterocycles. The Balaban J connectivity index is 2.62. The van der Waals surface area contributed by atoms with Gasteiger partial charge < -0.3 is 4.74 Å². The molecule has 1 aromatic carbocycles. The molecule has 0 amide bonds. The Hall–Kier alpha value is -1.57. The zero-order valence-electron chi connectivity index (χ0n) is 8.19. The monoisotopic (exact) mass is 189 g/mol. The van der Waals surface area contributed by atoms with Crippen molar-refractivity contribution >= 4 is 11.5 Å². The van der Waals surface area contributed by atoms with Crippen molar-refractivity contribution < 1.29 is 9.53 Å². The van der Waals surface area contributed by atoms with Gasteiger partial charge in [0.25, 0.3) is 0 Å². The van der Waals surface area contributed by atoms with Crippen LogP contribution in [0.4, 0.5) is 0 Å². The Labute approximate surface area is 84.2 Å². The van der Waals surface area contributed by atoms with Gasteiger partial charge in [0.1, 0.15) is 6.61 Å². The molecule has 0 bridgehead atoms. The Morgan fingerprint density at radius 2 is 2.07 bits per heavy atom. The minimum absolute atomic E-state index is 0.385. The highest BCUT2D eigenvalue weighted by atomic mass is 16.5. The van der Waals surface area contributed by atoms with E-state index in [1.807, 2.05) is 37.3 Å². The molecule has 0 unspecified atom stereocenters. The molecule has 0 heterocycles. The minimum atomic E-state index is -0.391. The van der Waals surface area contributed by atoms with E-state index in [0.29, 0.717) is 12.0 Å². The maximum atomic E-state index is 11.3. The number of benzene rings is 1. The molecule has 2 nitrogen and oxygen atoms in total. The largest absolute Gasteiger partial charge is 0.455 e. The van der Waals surface area contributed by atoms with Gasteiger partial charge in [-0.2, -0.15) is 0 Å². The van der Waals surface area contributed by atoms with E-state index in [2.05, 4.69) is 6.58 Å². The summed E-state index contributed by atoms with van der Waals surface area (Å²) in [5.41, 5.74) is 1.18. The minimum Gasteiger partial charge on any atom is -0.455 e. The quantitative estimate of drug-likeness (QED) is 0.537. The van der Waals surface area contributed by atoms with Gasteiger partial charge in [0.2, 0.25) is 0 Å². The highest BCUT2D eigenvalue weighted by Gasteiger charge is 2.09. The fourth-order valence-electron chi connectivity index (χ4n) is 0.987. The summed E-state index contributed by atoms with van der Waals surface area (Å²) in [6.45, 7) is 7.05. The summed E-state index contributed by atoms with van der Waals surface area (Å²) in [6.07, 6.45) is 0.702. The Morgan fingerprint density at radius 3 is 2.64 bits per heavy atom. The van der Waals surface area contributed by atoms with Gasteiger partial charge in [-0.15, -0.1) is 0 Å². The number of hydrogen-bond donors (Lipinski definition) is 0. The lowest BCUT2D eigenvalue weighted by atomic mass is 10.1. The fraction of sp³-hybridized carbons (Fsp3) is 0.167. The van der Waals surface area contributed by atoms with Crippen LogP contribution >= 0.6 is 0 Å². The third-order valence-corrected chi connectivity index (χ3v) is 1.73. The van der Waals surface area contributed by atoms with Crippen molar-refractivity contribution in [2.75, 3.05) is 0 Å². The van der Waals surface area contributed by atoms with Crippen molar-refractivity contribution in [3.8, 4) is 0 Å². The maximum absolute atomic E-state index is 11.3. The number of rotatable bonds is 4. The van der Waals surface area contributed by atoms with E-state index >= 15 is 0 Å². The van der Waals surface area contributed by atoms with Crippen LogP contribution in [0.2, 0.25) is 0 Å². The molecule has 2 heteroatoms. The van der Waals surface area contributed by atoms with Crippen molar-refractivity contribution in [3.63, 3.8) is 0 Å². The molecule has 1 radical (unpaired) electrons. The van der Waals surface area contributed by atoms with E-state index in [9.17, 15) is 4.79 Å².